The summed E-state index contributed by atoms with van der Waals surface area (Å²) < 4.78 is 5.13. The molecule has 0 aliphatic rings. The van der Waals surface area contributed by atoms with Crippen molar-refractivity contribution in [1.29, 1.82) is 0 Å². The van der Waals surface area contributed by atoms with Crippen LogP contribution in [0.1, 0.15) is 37.8 Å². The summed E-state index contributed by atoms with van der Waals surface area (Å²) >= 11 is 0. The van der Waals surface area contributed by atoms with Gasteiger partial charge >= 0.3 is 0 Å². The summed E-state index contributed by atoms with van der Waals surface area (Å²) in [6, 6.07) is 15.5. The standard InChI is InChI=1S/C22H28N2O3/c1-16(2)19-7-9-20(10-8-19)24(17(3)25)15-22(26)23-14-13-18-5-11-21(27-4)12-6-18/h5-12,16H,13-15H2,1-4H3,(H,23,26). The van der Waals surface area contributed by atoms with Crippen molar-refractivity contribution in [3.63, 3.8) is 0 Å². The van der Waals surface area contributed by atoms with E-state index in [2.05, 4.69) is 19.2 Å². The fourth-order valence-electron chi connectivity index (χ4n) is 2.76. The van der Waals surface area contributed by atoms with Crippen LogP contribution in [0.15, 0.2) is 48.5 Å². The summed E-state index contributed by atoms with van der Waals surface area (Å²) in [6.45, 7) is 6.24. The van der Waals surface area contributed by atoms with E-state index >= 15 is 0 Å². The Hall–Kier alpha value is -2.82. The third kappa shape index (κ3) is 6.13. The van der Waals surface area contributed by atoms with Gasteiger partial charge in [-0.2, -0.15) is 0 Å². The third-order valence-corrected chi connectivity index (χ3v) is 4.45. The minimum absolute atomic E-state index is 0.0129. The second-order valence-electron chi connectivity index (χ2n) is 6.80. The smallest absolute Gasteiger partial charge is 0.240 e. The van der Waals surface area contributed by atoms with Crippen LogP contribution in [0.25, 0.3) is 0 Å². The van der Waals surface area contributed by atoms with Crippen molar-refractivity contribution in [2.75, 3.05) is 25.1 Å². The van der Waals surface area contributed by atoms with Gasteiger partial charge in [0, 0.05) is 19.2 Å². The van der Waals surface area contributed by atoms with Gasteiger partial charge in [0.25, 0.3) is 0 Å². The van der Waals surface area contributed by atoms with Gasteiger partial charge in [-0.3, -0.25) is 9.59 Å². The van der Waals surface area contributed by atoms with Crippen molar-refractivity contribution in [1.82, 2.24) is 5.32 Å². The predicted molar refractivity (Wildman–Crippen MR) is 108 cm³/mol. The molecule has 0 unspecified atom stereocenters. The molecule has 2 amide bonds. The number of nitrogens with zero attached hydrogens (tertiary/aromatic N) is 1. The Balaban J connectivity index is 1.89. The number of anilines is 1. The van der Waals surface area contributed by atoms with Crippen molar-refractivity contribution < 1.29 is 14.3 Å². The van der Waals surface area contributed by atoms with E-state index in [0.29, 0.717) is 12.5 Å². The molecular weight excluding hydrogens is 340 g/mol. The van der Waals surface area contributed by atoms with E-state index in [4.69, 9.17) is 4.74 Å². The third-order valence-electron chi connectivity index (χ3n) is 4.45. The van der Waals surface area contributed by atoms with E-state index in [-0.39, 0.29) is 18.4 Å². The van der Waals surface area contributed by atoms with Gasteiger partial charge in [-0.15, -0.1) is 0 Å². The number of hydrogen-bond donors (Lipinski definition) is 1. The van der Waals surface area contributed by atoms with Crippen LogP contribution in [0.4, 0.5) is 5.69 Å². The number of carbonyl (C=O) groups excluding carboxylic acids is 2. The average molecular weight is 368 g/mol. The van der Waals surface area contributed by atoms with Crippen LogP contribution in [-0.4, -0.2) is 32.0 Å². The molecule has 0 fully saturated rings. The van der Waals surface area contributed by atoms with E-state index in [1.165, 1.54) is 17.4 Å². The lowest BCUT2D eigenvalue weighted by Gasteiger charge is -2.21. The second-order valence-corrected chi connectivity index (χ2v) is 6.80. The molecule has 0 bridgehead atoms. The largest absolute Gasteiger partial charge is 0.497 e. The molecule has 0 atom stereocenters. The van der Waals surface area contributed by atoms with Crippen LogP contribution in [0, 0.1) is 0 Å². The van der Waals surface area contributed by atoms with E-state index in [9.17, 15) is 9.59 Å². The summed E-state index contributed by atoms with van der Waals surface area (Å²) in [5.41, 5.74) is 3.05. The van der Waals surface area contributed by atoms with Gasteiger partial charge in [-0.1, -0.05) is 38.1 Å². The first-order valence-corrected chi connectivity index (χ1v) is 9.18. The van der Waals surface area contributed by atoms with Crippen LogP contribution in [-0.2, 0) is 16.0 Å². The molecule has 5 nitrogen and oxygen atoms in total. The monoisotopic (exact) mass is 368 g/mol. The number of carbonyl (C=O) groups is 2. The van der Waals surface area contributed by atoms with E-state index in [1.54, 1.807) is 7.11 Å². The molecule has 144 valence electrons. The quantitative estimate of drug-likeness (QED) is 0.775. The number of hydrogen-bond acceptors (Lipinski definition) is 3. The zero-order valence-electron chi connectivity index (χ0n) is 16.5. The lowest BCUT2D eigenvalue weighted by molar-refractivity contribution is -0.123. The molecule has 0 aromatic heterocycles. The highest BCUT2D eigenvalue weighted by Gasteiger charge is 2.15. The first kappa shape index (κ1) is 20.5. The lowest BCUT2D eigenvalue weighted by Crippen LogP contribution is -2.40. The predicted octanol–water partition coefficient (Wildman–Crippen LogP) is 3.53. The molecular formula is C22H28N2O3. The van der Waals surface area contributed by atoms with Crippen LogP contribution in [0.2, 0.25) is 0 Å². The van der Waals surface area contributed by atoms with Crippen molar-refractivity contribution >= 4 is 17.5 Å². The molecule has 0 aliphatic heterocycles. The lowest BCUT2D eigenvalue weighted by atomic mass is 10.0. The van der Waals surface area contributed by atoms with Gasteiger partial charge in [0.2, 0.25) is 11.8 Å². The van der Waals surface area contributed by atoms with Crippen molar-refractivity contribution in [2.45, 2.75) is 33.1 Å². The minimum Gasteiger partial charge on any atom is -0.497 e. The zero-order valence-corrected chi connectivity index (χ0v) is 16.5. The molecule has 2 rings (SSSR count). The fourth-order valence-corrected chi connectivity index (χ4v) is 2.76. The molecule has 0 radical (unpaired) electrons. The highest BCUT2D eigenvalue weighted by Crippen LogP contribution is 2.20. The van der Waals surface area contributed by atoms with Crippen molar-refractivity contribution in [2.24, 2.45) is 0 Å². The van der Waals surface area contributed by atoms with E-state index in [1.807, 2.05) is 48.5 Å². The molecule has 0 saturated carbocycles. The molecule has 1 N–H and O–H groups in total. The second kappa shape index (κ2) is 9.76. The molecule has 0 saturated heterocycles. The van der Waals surface area contributed by atoms with Gasteiger partial charge in [0.05, 0.1) is 7.11 Å². The normalized spacial score (nSPS) is 10.6. The Bertz CT molecular complexity index is 752. The molecule has 0 spiro atoms. The first-order chi connectivity index (χ1) is 12.9. The van der Waals surface area contributed by atoms with E-state index < -0.39 is 0 Å². The number of amides is 2. The van der Waals surface area contributed by atoms with Crippen molar-refractivity contribution in [3.8, 4) is 5.75 Å². The highest BCUT2D eigenvalue weighted by molar-refractivity contribution is 5.97. The molecule has 0 aliphatic carbocycles. The van der Waals surface area contributed by atoms with Gasteiger partial charge in [-0.05, 0) is 47.7 Å². The van der Waals surface area contributed by atoms with Gasteiger partial charge in [0.1, 0.15) is 12.3 Å². The van der Waals surface area contributed by atoms with Gasteiger partial charge < -0.3 is 15.0 Å². The topological polar surface area (TPSA) is 58.6 Å². The van der Waals surface area contributed by atoms with E-state index in [0.717, 1.165) is 23.4 Å². The molecule has 27 heavy (non-hydrogen) atoms. The Labute approximate surface area is 161 Å². The zero-order chi connectivity index (χ0) is 19.8. The van der Waals surface area contributed by atoms with Gasteiger partial charge in [-0.25, -0.2) is 0 Å². The molecule has 2 aromatic rings. The summed E-state index contributed by atoms with van der Waals surface area (Å²) in [5, 5.41) is 2.88. The highest BCUT2D eigenvalue weighted by atomic mass is 16.5. The Morgan fingerprint density at radius 3 is 2.19 bits per heavy atom. The SMILES string of the molecule is COc1ccc(CCNC(=O)CN(C(C)=O)c2ccc(C(C)C)cc2)cc1. The molecule has 5 heteroatoms. The number of ether oxygens (including phenoxy) is 1. The minimum atomic E-state index is -0.174. The maximum atomic E-state index is 12.3. The summed E-state index contributed by atoms with van der Waals surface area (Å²) in [5.74, 6) is 0.902. The van der Waals surface area contributed by atoms with Crippen LogP contribution in [0.3, 0.4) is 0 Å². The van der Waals surface area contributed by atoms with Crippen LogP contribution >= 0.6 is 0 Å². The number of benzene rings is 2. The average Bonchev–Trinajstić information content (AvgIpc) is 2.66. The molecule has 0 heterocycles. The Kier molecular flexibility index (Phi) is 7.41. The summed E-state index contributed by atoms with van der Waals surface area (Å²) in [4.78, 5) is 25.8. The molecule has 2 aromatic carbocycles. The van der Waals surface area contributed by atoms with Crippen LogP contribution in [0.5, 0.6) is 5.75 Å². The van der Waals surface area contributed by atoms with Crippen molar-refractivity contribution in [3.05, 3.63) is 59.7 Å². The summed E-state index contributed by atoms with van der Waals surface area (Å²) in [6.07, 6.45) is 0.721. The Morgan fingerprint density at radius 2 is 1.67 bits per heavy atom. The Morgan fingerprint density at radius 1 is 1.04 bits per heavy atom. The van der Waals surface area contributed by atoms with Gasteiger partial charge in [0.15, 0.2) is 0 Å². The first-order valence-electron chi connectivity index (χ1n) is 9.18. The number of rotatable bonds is 8. The maximum Gasteiger partial charge on any atom is 0.240 e. The summed E-state index contributed by atoms with van der Waals surface area (Å²) in [7, 11) is 1.63. The number of nitrogens with one attached hydrogen (secondary N) is 1. The van der Waals surface area contributed by atoms with Crippen LogP contribution < -0.4 is 15.0 Å². The maximum absolute atomic E-state index is 12.3. The fraction of sp³-hybridized carbons (Fsp3) is 0.364. The number of methoxy groups -OCH3 is 1.